The lowest BCUT2D eigenvalue weighted by Crippen LogP contribution is -2.17. The van der Waals surface area contributed by atoms with Crippen LogP contribution >= 0.6 is 0 Å². The summed E-state index contributed by atoms with van der Waals surface area (Å²) in [6.07, 6.45) is 0. The molecule has 0 heterocycles. The summed E-state index contributed by atoms with van der Waals surface area (Å²) in [4.78, 5) is 11.9. The average molecular weight is 285 g/mol. The van der Waals surface area contributed by atoms with Crippen molar-refractivity contribution in [2.75, 3.05) is 11.9 Å². The molecule has 0 amide bonds. The van der Waals surface area contributed by atoms with E-state index in [1.807, 2.05) is 6.07 Å². The minimum absolute atomic E-state index is 0.130. The van der Waals surface area contributed by atoms with Crippen LogP contribution in [0.5, 0.6) is 0 Å². The molecule has 0 aliphatic carbocycles. The summed E-state index contributed by atoms with van der Waals surface area (Å²) < 4.78 is 13.2. The third-order valence-corrected chi connectivity index (χ3v) is 3.03. The van der Waals surface area contributed by atoms with Crippen molar-refractivity contribution in [2.24, 2.45) is 0 Å². The Morgan fingerprint density at radius 3 is 2.71 bits per heavy atom. The molecule has 0 aliphatic rings. The van der Waals surface area contributed by atoms with Crippen LogP contribution in [0.3, 0.4) is 0 Å². The first-order chi connectivity index (χ1) is 10.0. The minimum atomic E-state index is -0.544. The number of hydrogen-bond donors (Lipinski definition) is 0. The molecule has 5 nitrogen and oxygen atoms in total. The number of nitrogens with zero attached hydrogens (tertiary/aromatic N) is 3. The second-order valence-corrected chi connectivity index (χ2v) is 4.56. The van der Waals surface area contributed by atoms with Crippen LogP contribution in [-0.2, 0) is 6.54 Å². The molecular formula is C15H12FN3O2. The Bertz CT molecular complexity index is 725. The quantitative estimate of drug-likeness (QED) is 0.638. The fourth-order valence-corrected chi connectivity index (χ4v) is 2.05. The first-order valence-electron chi connectivity index (χ1n) is 6.15. The van der Waals surface area contributed by atoms with Gasteiger partial charge in [0.05, 0.1) is 16.2 Å². The number of nitro groups is 1. The fourth-order valence-electron chi connectivity index (χ4n) is 2.05. The van der Waals surface area contributed by atoms with E-state index in [9.17, 15) is 14.5 Å². The molecule has 0 radical (unpaired) electrons. The van der Waals surface area contributed by atoms with Gasteiger partial charge in [-0.25, -0.2) is 4.39 Å². The molecule has 0 fully saturated rings. The van der Waals surface area contributed by atoms with E-state index in [0.29, 0.717) is 12.2 Å². The number of rotatable bonds is 4. The van der Waals surface area contributed by atoms with E-state index < -0.39 is 4.92 Å². The van der Waals surface area contributed by atoms with Gasteiger partial charge < -0.3 is 4.90 Å². The molecule has 2 rings (SSSR count). The molecule has 0 saturated carbocycles. The Labute approximate surface area is 121 Å². The SMILES string of the molecule is CN(Cc1cccc(F)c1)c1ccc([N+](=O)[O-])cc1C#N. The van der Waals surface area contributed by atoms with Gasteiger partial charge >= 0.3 is 0 Å². The van der Waals surface area contributed by atoms with Gasteiger partial charge in [-0.15, -0.1) is 0 Å². The van der Waals surface area contributed by atoms with Gasteiger partial charge in [-0.2, -0.15) is 5.26 Å². The van der Waals surface area contributed by atoms with E-state index in [-0.39, 0.29) is 17.1 Å². The van der Waals surface area contributed by atoms with Gasteiger partial charge in [-0.05, 0) is 23.8 Å². The summed E-state index contributed by atoms with van der Waals surface area (Å²) in [6, 6.07) is 12.2. The lowest BCUT2D eigenvalue weighted by molar-refractivity contribution is -0.384. The summed E-state index contributed by atoms with van der Waals surface area (Å²) in [5.41, 5.74) is 1.39. The van der Waals surface area contributed by atoms with Crippen LogP contribution in [0.1, 0.15) is 11.1 Å². The van der Waals surface area contributed by atoms with Crippen LogP contribution in [0, 0.1) is 27.3 Å². The molecule has 0 atom stereocenters. The van der Waals surface area contributed by atoms with Crippen molar-refractivity contribution in [1.29, 1.82) is 5.26 Å². The summed E-state index contributed by atoms with van der Waals surface area (Å²) >= 11 is 0. The van der Waals surface area contributed by atoms with E-state index >= 15 is 0 Å². The maximum Gasteiger partial charge on any atom is 0.270 e. The number of nitriles is 1. The van der Waals surface area contributed by atoms with Crippen molar-refractivity contribution in [3.05, 3.63) is 69.5 Å². The molecule has 2 aromatic carbocycles. The van der Waals surface area contributed by atoms with Gasteiger partial charge in [0.2, 0.25) is 0 Å². The van der Waals surface area contributed by atoms with Gasteiger partial charge in [-0.1, -0.05) is 12.1 Å². The van der Waals surface area contributed by atoms with Crippen molar-refractivity contribution < 1.29 is 9.31 Å². The summed E-state index contributed by atoms with van der Waals surface area (Å²) in [6.45, 7) is 0.393. The molecule has 0 bridgehead atoms. The Morgan fingerprint density at radius 1 is 1.33 bits per heavy atom. The third-order valence-electron chi connectivity index (χ3n) is 3.03. The zero-order chi connectivity index (χ0) is 15.4. The number of hydrogen-bond acceptors (Lipinski definition) is 4. The normalized spacial score (nSPS) is 9.95. The molecule has 6 heteroatoms. The zero-order valence-electron chi connectivity index (χ0n) is 11.3. The van der Waals surface area contributed by atoms with Crippen molar-refractivity contribution >= 4 is 11.4 Å². The number of non-ortho nitro benzene ring substituents is 1. The number of anilines is 1. The molecule has 106 valence electrons. The summed E-state index contributed by atoms with van der Waals surface area (Å²) in [5.74, 6) is -0.329. The van der Waals surface area contributed by atoms with Crippen LogP contribution in [0.15, 0.2) is 42.5 Å². The highest BCUT2D eigenvalue weighted by molar-refractivity contribution is 5.62. The van der Waals surface area contributed by atoms with Crippen molar-refractivity contribution in [3.63, 3.8) is 0 Å². The standard InChI is InChI=1S/C15H12FN3O2/c1-18(10-11-3-2-4-13(16)7-11)15-6-5-14(19(20)21)8-12(15)9-17/h2-8H,10H2,1H3. The Balaban J connectivity index is 2.29. The number of halogens is 1. The van der Waals surface area contributed by atoms with E-state index in [4.69, 9.17) is 5.26 Å². The smallest absolute Gasteiger partial charge is 0.270 e. The second kappa shape index (κ2) is 6.01. The molecular weight excluding hydrogens is 273 g/mol. The van der Waals surface area contributed by atoms with Crippen molar-refractivity contribution in [3.8, 4) is 6.07 Å². The Kier molecular flexibility index (Phi) is 4.14. The van der Waals surface area contributed by atoms with Crippen LogP contribution in [0.2, 0.25) is 0 Å². The Hall–Kier alpha value is -2.94. The van der Waals surface area contributed by atoms with Gasteiger partial charge in [0, 0.05) is 25.7 Å². The monoisotopic (exact) mass is 285 g/mol. The van der Waals surface area contributed by atoms with Gasteiger partial charge in [0.1, 0.15) is 11.9 Å². The highest BCUT2D eigenvalue weighted by Gasteiger charge is 2.13. The highest BCUT2D eigenvalue weighted by Crippen LogP contribution is 2.25. The highest BCUT2D eigenvalue weighted by atomic mass is 19.1. The number of benzene rings is 2. The van der Waals surface area contributed by atoms with Crippen LogP contribution in [-0.4, -0.2) is 12.0 Å². The molecule has 21 heavy (non-hydrogen) atoms. The molecule has 2 aromatic rings. The van der Waals surface area contributed by atoms with E-state index in [1.54, 1.807) is 24.1 Å². The fraction of sp³-hybridized carbons (Fsp3) is 0.133. The molecule has 0 spiro atoms. The summed E-state index contributed by atoms with van der Waals surface area (Å²) in [7, 11) is 1.74. The van der Waals surface area contributed by atoms with Gasteiger partial charge in [0.25, 0.3) is 5.69 Å². The van der Waals surface area contributed by atoms with Crippen molar-refractivity contribution in [2.45, 2.75) is 6.54 Å². The molecule has 0 saturated heterocycles. The van der Waals surface area contributed by atoms with Crippen LogP contribution < -0.4 is 4.90 Å². The first kappa shape index (κ1) is 14.5. The average Bonchev–Trinajstić information content (AvgIpc) is 2.46. The Morgan fingerprint density at radius 2 is 2.10 bits per heavy atom. The van der Waals surface area contributed by atoms with Crippen LogP contribution in [0.25, 0.3) is 0 Å². The largest absolute Gasteiger partial charge is 0.369 e. The van der Waals surface area contributed by atoms with E-state index in [1.165, 1.54) is 30.3 Å². The van der Waals surface area contributed by atoms with Crippen molar-refractivity contribution in [1.82, 2.24) is 0 Å². The maximum atomic E-state index is 13.2. The first-order valence-corrected chi connectivity index (χ1v) is 6.15. The third kappa shape index (κ3) is 3.34. The van der Waals surface area contributed by atoms with Gasteiger partial charge in [0.15, 0.2) is 0 Å². The number of nitro benzene ring substituents is 1. The van der Waals surface area contributed by atoms with E-state index in [2.05, 4.69) is 0 Å². The van der Waals surface area contributed by atoms with Crippen LogP contribution in [0.4, 0.5) is 15.8 Å². The second-order valence-electron chi connectivity index (χ2n) is 4.56. The molecule has 0 N–H and O–H groups in total. The zero-order valence-corrected chi connectivity index (χ0v) is 11.3. The lowest BCUT2D eigenvalue weighted by Gasteiger charge is -2.20. The summed E-state index contributed by atoms with van der Waals surface area (Å²) in [5, 5.41) is 19.8. The molecule has 0 aliphatic heterocycles. The lowest BCUT2D eigenvalue weighted by atomic mass is 10.1. The maximum absolute atomic E-state index is 13.2. The molecule has 0 unspecified atom stereocenters. The minimum Gasteiger partial charge on any atom is -0.369 e. The molecule has 0 aromatic heterocycles. The predicted molar refractivity (Wildman–Crippen MR) is 76.3 cm³/mol. The van der Waals surface area contributed by atoms with E-state index in [0.717, 1.165) is 5.56 Å². The topological polar surface area (TPSA) is 70.2 Å². The van der Waals surface area contributed by atoms with Gasteiger partial charge in [-0.3, -0.25) is 10.1 Å². The predicted octanol–water partition coefficient (Wildman–Crippen LogP) is 3.24.